The monoisotopic (exact) mass is 356 g/mol. The predicted octanol–water partition coefficient (Wildman–Crippen LogP) is 2.91. The number of nitrogens with one attached hydrogen (secondary N) is 1. The molecule has 2 aromatic carbocycles. The van der Waals surface area contributed by atoms with Crippen LogP contribution >= 0.6 is 0 Å². The molecule has 0 bridgehead atoms. The molecule has 2 rings (SSSR count). The number of benzene rings is 2. The molecular weight excluding hydrogens is 336 g/mol. The molecule has 1 amide bonds. The van der Waals surface area contributed by atoms with E-state index in [9.17, 15) is 20.0 Å². The molecule has 0 aliphatic heterocycles. The number of aromatic hydroxyl groups is 1. The summed E-state index contributed by atoms with van der Waals surface area (Å²) in [5, 5.41) is 24.2. The molecule has 0 saturated carbocycles. The molecule has 0 fully saturated rings. The average Bonchev–Trinajstić information content (AvgIpc) is 2.64. The van der Waals surface area contributed by atoms with Gasteiger partial charge in [0.1, 0.15) is 5.75 Å². The second-order valence-corrected chi connectivity index (χ2v) is 5.42. The summed E-state index contributed by atoms with van der Waals surface area (Å²) < 4.78 is 0. The van der Waals surface area contributed by atoms with E-state index in [4.69, 9.17) is 0 Å². The van der Waals surface area contributed by atoms with Crippen LogP contribution in [0.5, 0.6) is 5.75 Å². The van der Waals surface area contributed by atoms with E-state index in [0.29, 0.717) is 5.56 Å². The van der Waals surface area contributed by atoms with Gasteiger partial charge in [0.2, 0.25) is 0 Å². The molecule has 0 saturated heterocycles. The van der Waals surface area contributed by atoms with E-state index in [0.717, 1.165) is 25.0 Å². The van der Waals surface area contributed by atoms with Gasteiger partial charge in [-0.15, -0.1) is 0 Å². The Labute approximate surface area is 150 Å². The highest BCUT2D eigenvalue weighted by atomic mass is 16.6. The molecule has 26 heavy (non-hydrogen) atoms. The lowest BCUT2D eigenvalue weighted by Gasteiger charge is -2.20. The Bertz CT molecular complexity index is 814. The lowest BCUT2D eigenvalue weighted by atomic mass is 10.2. The van der Waals surface area contributed by atoms with E-state index < -0.39 is 10.8 Å². The fraction of sp³-hybridized carbons (Fsp3) is 0.222. The number of phenolic OH excluding ortho intramolecular Hbond substituents is 1. The van der Waals surface area contributed by atoms with Crippen molar-refractivity contribution in [1.82, 2.24) is 5.43 Å². The first-order chi connectivity index (χ1) is 12.5. The molecule has 0 spiro atoms. The molecule has 8 nitrogen and oxygen atoms in total. The summed E-state index contributed by atoms with van der Waals surface area (Å²) >= 11 is 0. The van der Waals surface area contributed by atoms with Gasteiger partial charge in [-0.3, -0.25) is 14.9 Å². The molecule has 0 aliphatic rings. The summed E-state index contributed by atoms with van der Waals surface area (Å²) in [7, 11) is 0. The first-order valence-electron chi connectivity index (χ1n) is 8.12. The minimum absolute atomic E-state index is 0.136. The summed E-state index contributed by atoms with van der Waals surface area (Å²) in [5.41, 5.74) is 3.75. The van der Waals surface area contributed by atoms with Gasteiger partial charge in [-0.1, -0.05) is 0 Å². The van der Waals surface area contributed by atoms with Gasteiger partial charge < -0.3 is 10.0 Å². The van der Waals surface area contributed by atoms with Crippen LogP contribution in [0.25, 0.3) is 0 Å². The van der Waals surface area contributed by atoms with Crippen LogP contribution in [0.2, 0.25) is 0 Å². The highest BCUT2D eigenvalue weighted by molar-refractivity contribution is 5.95. The maximum atomic E-state index is 12.1. The normalized spacial score (nSPS) is 10.7. The second-order valence-electron chi connectivity index (χ2n) is 5.42. The first-order valence-corrected chi connectivity index (χ1v) is 8.12. The van der Waals surface area contributed by atoms with Gasteiger partial charge in [-0.25, -0.2) is 5.43 Å². The summed E-state index contributed by atoms with van der Waals surface area (Å²) in [6, 6.07) is 10.7. The number of phenols is 1. The van der Waals surface area contributed by atoms with Gasteiger partial charge in [0.25, 0.3) is 11.6 Å². The van der Waals surface area contributed by atoms with Crippen molar-refractivity contribution in [2.75, 3.05) is 18.0 Å². The number of amides is 1. The van der Waals surface area contributed by atoms with Crippen LogP contribution in [0.1, 0.15) is 29.8 Å². The largest absolute Gasteiger partial charge is 0.507 e. The minimum atomic E-state index is -0.577. The minimum Gasteiger partial charge on any atom is -0.507 e. The van der Waals surface area contributed by atoms with Crippen LogP contribution in [0.15, 0.2) is 47.6 Å². The number of hydrogen-bond acceptors (Lipinski definition) is 6. The molecule has 0 aromatic heterocycles. The molecule has 0 aliphatic carbocycles. The number of anilines is 1. The number of carbonyl (C=O) groups is 1. The van der Waals surface area contributed by atoms with Gasteiger partial charge in [-0.05, 0) is 44.2 Å². The third kappa shape index (κ3) is 4.56. The third-order valence-electron chi connectivity index (χ3n) is 3.85. The maximum Gasteiger partial charge on any atom is 0.271 e. The first kappa shape index (κ1) is 18.9. The van der Waals surface area contributed by atoms with E-state index in [1.54, 1.807) is 12.1 Å². The van der Waals surface area contributed by atoms with Crippen molar-refractivity contribution in [2.24, 2.45) is 5.10 Å². The molecule has 0 atom stereocenters. The van der Waals surface area contributed by atoms with Gasteiger partial charge in [0.05, 0.1) is 11.1 Å². The van der Waals surface area contributed by atoms with E-state index in [1.807, 2.05) is 12.1 Å². The van der Waals surface area contributed by atoms with E-state index in [-0.39, 0.29) is 17.0 Å². The Morgan fingerprint density at radius 3 is 2.46 bits per heavy atom. The fourth-order valence-corrected chi connectivity index (χ4v) is 2.40. The third-order valence-corrected chi connectivity index (χ3v) is 3.85. The smallest absolute Gasteiger partial charge is 0.271 e. The molecule has 2 N–H and O–H groups in total. The number of non-ortho nitro benzene ring substituents is 1. The highest BCUT2D eigenvalue weighted by Crippen LogP contribution is 2.21. The van der Waals surface area contributed by atoms with Crippen molar-refractivity contribution < 1.29 is 14.8 Å². The molecule has 0 radical (unpaired) electrons. The summed E-state index contributed by atoms with van der Waals surface area (Å²) in [4.78, 5) is 24.4. The van der Waals surface area contributed by atoms with Gasteiger partial charge in [0.15, 0.2) is 0 Å². The van der Waals surface area contributed by atoms with Crippen molar-refractivity contribution in [3.63, 3.8) is 0 Å². The van der Waals surface area contributed by atoms with E-state index in [1.165, 1.54) is 18.2 Å². The van der Waals surface area contributed by atoms with Crippen LogP contribution < -0.4 is 10.3 Å². The molecule has 0 unspecified atom stereocenters. The summed E-state index contributed by atoms with van der Waals surface area (Å²) in [6.45, 7) is 5.86. The summed E-state index contributed by atoms with van der Waals surface area (Å²) in [6.07, 6.45) is 1.16. The maximum absolute atomic E-state index is 12.1. The Morgan fingerprint density at radius 2 is 1.88 bits per heavy atom. The zero-order valence-electron chi connectivity index (χ0n) is 14.5. The molecule has 2 aromatic rings. The quantitative estimate of drug-likeness (QED) is 0.450. The molecule has 136 valence electrons. The number of hydrazone groups is 1. The Balaban J connectivity index is 2.05. The number of hydrogen-bond donors (Lipinski definition) is 2. The zero-order chi connectivity index (χ0) is 19.1. The second kappa shape index (κ2) is 8.61. The summed E-state index contributed by atoms with van der Waals surface area (Å²) in [5.74, 6) is -0.588. The van der Waals surface area contributed by atoms with Crippen molar-refractivity contribution >= 4 is 23.5 Å². The standard InChI is InChI=1S/C18H20N4O4/c1-3-21(4-2)15-7-5-13(6-8-15)18(24)20-19-12-14-11-16(22(25)26)9-10-17(14)23/h5-12,23H,3-4H2,1-2H3,(H,20,24)/b19-12+. The van der Waals surface area contributed by atoms with Gasteiger partial charge in [0, 0.05) is 42.0 Å². The Morgan fingerprint density at radius 1 is 1.23 bits per heavy atom. The number of nitro benzene ring substituents is 1. The zero-order valence-corrected chi connectivity index (χ0v) is 14.5. The highest BCUT2D eigenvalue weighted by Gasteiger charge is 2.09. The van der Waals surface area contributed by atoms with Crippen molar-refractivity contribution in [1.29, 1.82) is 0 Å². The topological polar surface area (TPSA) is 108 Å². The average molecular weight is 356 g/mol. The number of nitrogens with zero attached hydrogens (tertiary/aromatic N) is 3. The predicted molar refractivity (Wildman–Crippen MR) is 99.8 cm³/mol. The van der Waals surface area contributed by atoms with Gasteiger partial charge in [-0.2, -0.15) is 5.10 Å². The number of rotatable bonds is 7. The van der Waals surface area contributed by atoms with Crippen molar-refractivity contribution in [2.45, 2.75) is 13.8 Å². The lowest BCUT2D eigenvalue weighted by molar-refractivity contribution is -0.384. The van der Waals surface area contributed by atoms with Crippen LogP contribution in [0, 0.1) is 10.1 Å². The fourth-order valence-electron chi connectivity index (χ4n) is 2.40. The van der Waals surface area contributed by atoms with Crippen molar-refractivity contribution in [3.05, 3.63) is 63.7 Å². The van der Waals surface area contributed by atoms with Crippen LogP contribution in [0.3, 0.4) is 0 Å². The number of carbonyl (C=O) groups excluding carboxylic acids is 1. The van der Waals surface area contributed by atoms with Crippen LogP contribution in [0.4, 0.5) is 11.4 Å². The molecular formula is C18H20N4O4. The van der Waals surface area contributed by atoms with Crippen LogP contribution in [-0.4, -0.2) is 35.2 Å². The SMILES string of the molecule is CCN(CC)c1ccc(C(=O)N/N=C/c2cc([N+](=O)[O-])ccc2O)cc1. The number of nitro groups is 1. The van der Waals surface area contributed by atoms with Crippen molar-refractivity contribution in [3.8, 4) is 5.75 Å². The Kier molecular flexibility index (Phi) is 6.26. The lowest BCUT2D eigenvalue weighted by Crippen LogP contribution is -2.22. The van der Waals surface area contributed by atoms with E-state index >= 15 is 0 Å². The molecule has 0 heterocycles. The van der Waals surface area contributed by atoms with Gasteiger partial charge >= 0.3 is 0 Å². The molecule has 8 heteroatoms. The van der Waals surface area contributed by atoms with Crippen LogP contribution in [-0.2, 0) is 0 Å². The Hall–Kier alpha value is -3.42. The van der Waals surface area contributed by atoms with E-state index in [2.05, 4.69) is 29.3 Å².